The third kappa shape index (κ3) is 4.13. The first-order valence-electron chi connectivity index (χ1n) is 9.33. The van der Waals surface area contributed by atoms with Crippen LogP contribution in [0.5, 0.6) is 5.75 Å². The molecule has 0 saturated heterocycles. The van der Waals surface area contributed by atoms with Crippen LogP contribution in [0.4, 0.5) is 10.1 Å². The van der Waals surface area contributed by atoms with Gasteiger partial charge in [0.25, 0.3) is 0 Å². The Bertz CT molecular complexity index is 1410. The summed E-state index contributed by atoms with van der Waals surface area (Å²) in [5.41, 5.74) is 1.87. The molecule has 2 aromatic heterocycles. The summed E-state index contributed by atoms with van der Waals surface area (Å²) in [5.74, 6) is 5.84. The number of aromatic nitrogens is 1. The van der Waals surface area contributed by atoms with E-state index in [1.54, 1.807) is 0 Å². The summed E-state index contributed by atoms with van der Waals surface area (Å²) >= 11 is 0. The maximum atomic E-state index is 14.2. The molecule has 0 aliphatic heterocycles. The highest BCUT2D eigenvalue weighted by Crippen LogP contribution is 2.31. The van der Waals surface area contributed by atoms with Crippen LogP contribution in [0.2, 0.25) is 0 Å². The van der Waals surface area contributed by atoms with Gasteiger partial charge < -0.3 is 19.0 Å². The molecule has 31 heavy (non-hydrogen) atoms. The smallest absolute Gasteiger partial charge is 0.202 e. The van der Waals surface area contributed by atoms with Crippen molar-refractivity contribution in [3.05, 3.63) is 72.5 Å². The Kier molecular flexibility index (Phi) is 5.44. The number of halogens is 1. The van der Waals surface area contributed by atoms with Crippen molar-refractivity contribution in [1.82, 2.24) is 4.57 Å². The number of ether oxygens (including phenoxy) is 1. The zero-order chi connectivity index (χ0) is 22.0. The molecule has 0 aliphatic carbocycles. The molecule has 4 aromatic rings. The second-order valence-electron chi connectivity index (χ2n) is 6.78. The van der Waals surface area contributed by atoms with Gasteiger partial charge in [-0.05, 0) is 30.2 Å². The lowest BCUT2D eigenvalue weighted by molar-refractivity contribution is 0.413. The SMILES string of the molecule is COc1cc(S(C)(=O)=O)c(F)cc1NCC#Cc1oc2ccccc2c1-n1cccc1. The highest BCUT2D eigenvalue weighted by molar-refractivity contribution is 7.90. The van der Waals surface area contributed by atoms with Crippen LogP contribution in [-0.4, -0.2) is 32.9 Å². The molecule has 6 nitrogen and oxygen atoms in total. The van der Waals surface area contributed by atoms with Gasteiger partial charge in [-0.25, -0.2) is 12.8 Å². The van der Waals surface area contributed by atoms with E-state index in [0.29, 0.717) is 11.4 Å². The predicted molar refractivity (Wildman–Crippen MR) is 117 cm³/mol. The quantitative estimate of drug-likeness (QED) is 0.472. The molecule has 8 heteroatoms. The number of nitrogens with zero attached hydrogens (tertiary/aromatic N) is 1. The van der Waals surface area contributed by atoms with Gasteiger partial charge >= 0.3 is 0 Å². The van der Waals surface area contributed by atoms with Crippen LogP contribution < -0.4 is 10.1 Å². The van der Waals surface area contributed by atoms with Crippen LogP contribution >= 0.6 is 0 Å². The average molecular weight is 438 g/mol. The van der Waals surface area contributed by atoms with Crippen LogP contribution in [0.1, 0.15) is 5.76 Å². The molecule has 1 N–H and O–H groups in total. The van der Waals surface area contributed by atoms with Crippen LogP contribution in [-0.2, 0) is 9.84 Å². The van der Waals surface area contributed by atoms with Crippen LogP contribution in [0, 0.1) is 17.7 Å². The number of hydrogen-bond acceptors (Lipinski definition) is 5. The fourth-order valence-corrected chi connectivity index (χ4v) is 3.98. The molecule has 0 spiro atoms. The zero-order valence-corrected chi connectivity index (χ0v) is 17.7. The summed E-state index contributed by atoms with van der Waals surface area (Å²) in [5, 5.41) is 3.90. The number of para-hydroxylation sites is 1. The third-order valence-corrected chi connectivity index (χ3v) is 5.77. The predicted octanol–water partition coefficient (Wildman–Crippen LogP) is 4.24. The van der Waals surface area contributed by atoms with Crippen molar-refractivity contribution in [1.29, 1.82) is 0 Å². The third-order valence-electron chi connectivity index (χ3n) is 4.65. The van der Waals surface area contributed by atoms with Crippen molar-refractivity contribution in [3.8, 4) is 23.3 Å². The van der Waals surface area contributed by atoms with Crippen molar-refractivity contribution in [2.75, 3.05) is 25.2 Å². The van der Waals surface area contributed by atoms with E-state index in [0.717, 1.165) is 35.0 Å². The van der Waals surface area contributed by atoms with Gasteiger partial charge in [0.05, 0.1) is 19.3 Å². The lowest BCUT2D eigenvalue weighted by atomic mass is 10.2. The van der Waals surface area contributed by atoms with E-state index in [-0.39, 0.29) is 12.3 Å². The minimum absolute atomic E-state index is 0.163. The van der Waals surface area contributed by atoms with Crippen molar-refractivity contribution in [3.63, 3.8) is 0 Å². The topological polar surface area (TPSA) is 73.5 Å². The summed E-state index contributed by atoms with van der Waals surface area (Å²) in [7, 11) is -2.33. The van der Waals surface area contributed by atoms with Gasteiger partial charge in [0.2, 0.25) is 5.76 Å². The number of fused-ring (bicyclic) bond motifs is 1. The second-order valence-corrected chi connectivity index (χ2v) is 8.76. The first kappa shape index (κ1) is 20.6. The van der Waals surface area contributed by atoms with Crippen molar-refractivity contribution in [2.24, 2.45) is 0 Å². The van der Waals surface area contributed by atoms with Gasteiger partial charge in [0, 0.05) is 36.2 Å². The maximum absolute atomic E-state index is 14.2. The molecular weight excluding hydrogens is 419 g/mol. The number of anilines is 1. The molecule has 0 amide bonds. The Morgan fingerprint density at radius 1 is 1.16 bits per heavy atom. The molecule has 2 heterocycles. The standard InChI is InChI=1S/C23H19FN2O4S/c1-29-21-15-22(31(2,27)28)17(24)14-18(21)25-11-7-10-20-23(26-12-5-6-13-26)16-8-3-4-9-19(16)30-20/h3-6,8-9,12-15,25H,11H2,1-2H3. The van der Waals surface area contributed by atoms with E-state index in [1.807, 2.05) is 53.4 Å². The molecule has 0 radical (unpaired) electrons. The number of rotatable bonds is 5. The molecule has 0 aliphatic rings. The summed E-state index contributed by atoms with van der Waals surface area (Å²) < 4.78 is 50.7. The van der Waals surface area contributed by atoms with Crippen LogP contribution in [0.15, 0.2) is 70.2 Å². The second kappa shape index (κ2) is 8.20. The number of methoxy groups -OCH3 is 1. The number of hydrogen-bond donors (Lipinski definition) is 1. The fraction of sp³-hybridized carbons (Fsp3) is 0.130. The van der Waals surface area contributed by atoms with Gasteiger partial charge in [-0.2, -0.15) is 0 Å². The highest BCUT2D eigenvalue weighted by Gasteiger charge is 2.18. The summed E-state index contributed by atoms with van der Waals surface area (Å²) in [4.78, 5) is -0.417. The lowest BCUT2D eigenvalue weighted by Gasteiger charge is -2.11. The molecule has 2 aromatic carbocycles. The number of nitrogens with one attached hydrogen (secondary N) is 1. The van der Waals surface area contributed by atoms with E-state index >= 15 is 0 Å². The van der Waals surface area contributed by atoms with Gasteiger partial charge in [0.1, 0.15) is 27.7 Å². The number of benzene rings is 2. The van der Waals surface area contributed by atoms with Crippen LogP contribution in [0.3, 0.4) is 0 Å². The molecule has 0 fully saturated rings. The van der Waals surface area contributed by atoms with E-state index < -0.39 is 20.5 Å². The van der Waals surface area contributed by atoms with Gasteiger partial charge in [-0.3, -0.25) is 0 Å². The largest absolute Gasteiger partial charge is 0.495 e. The molecule has 0 bridgehead atoms. The Balaban J connectivity index is 1.62. The molecule has 0 unspecified atom stereocenters. The minimum atomic E-state index is -3.71. The lowest BCUT2D eigenvalue weighted by Crippen LogP contribution is -2.06. The highest BCUT2D eigenvalue weighted by atomic mass is 32.2. The molecule has 0 saturated carbocycles. The van der Waals surface area contributed by atoms with Crippen molar-refractivity contribution in [2.45, 2.75) is 4.90 Å². The number of furan rings is 1. The van der Waals surface area contributed by atoms with Crippen LogP contribution in [0.25, 0.3) is 16.7 Å². The first-order chi connectivity index (χ1) is 14.9. The molecule has 0 atom stereocenters. The Hall–Kier alpha value is -3.70. The molecular formula is C23H19FN2O4S. The average Bonchev–Trinajstić information content (AvgIpc) is 3.37. The summed E-state index contributed by atoms with van der Waals surface area (Å²) in [6.45, 7) is 0.163. The van der Waals surface area contributed by atoms with E-state index in [2.05, 4.69) is 17.2 Å². The molecule has 4 rings (SSSR count). The first-order valence-corrected chi connectivity index (χ1v) is 11.2. The van der Waals surface area contributed by atoms with Crippen molar-refractivity contribution >= 4 is 26.5 Å². The van der Waals surface area contributed by atoms with Gasteiger partial charge in [-0.15, -0.1) is 0 Å². The number of sulfone groups is 1. The normalized spacial score (nSPS) is 11.2. The fourth-order valence-electron chi connectivity index (χ4n) is 3.25. The maximum Gasteiger partial charge on any atom is 0.202 e. The summed E-state index contributed by atoms with van der Waals surface area (Å²) in [6.07, 6.45) is 4.77. The monoisotopic (exact) mass is 438 g/mol. The summed E-state index contributed by atoms with van der Waals surface area (Å²) in [6, 6.07) is 13.8. The van der Waals surface area contributed by atoms with Gasteiger partial charge in [-0.1, -0.05) is 18.1 Å². The van der Waals surface area contributed by atoms with E-state index in [4.69, 9.17) is 9.15 Å². The van der Waals surface area contributed by atoms with E-state index in [1.165, 1.54) is 7.11 Å². The zero-order valence-electron chi connectivity index (χ0n) is 16.8. The molecule has 158 valence electrons. The minimum Gasteiger partial charge on any atom is -0.495 e. The van der Waals surface area contributed by atoms with Gasteiger partial charge in [0.15, 0.2) is 9.84 Å². The van der Waals surface area contributed by atoms with Crippen molar-refractivity contribution < 1.29 is 22.0 Å². The Labute approximate surface area is 179 Å². The van der Waals surface area contributed by atoms with E-state index in [9.17, 15) is 12.8 Å². The Morgan fingerprint density at radius 3 is 2.61 bits per heavy atom. The Morgan fingerprint density at radius 2 is 1.90 bits per heavy atom.